The summed E-state index contributed by atoms with van der Waals surface area (Å²) in [5.41, 5.74) is 29.0. The van der Waals surface area contributed by atoms with E-state index >= 15 is 0 Å². The van der Waals surface area contributed by atoms with Gasteiger partial charge in [-0.3, -0.25) is 0 Å². The summed E-state index contributed by atoms with van der Waals surface area (Å²) in [6.45, 7) is 0. The predicted octanol–water partition coefficient (Wildman–Crippen LogP) is 40.1. The maximum Gasteiger partial charge on any atom is 0.0713 e. The zero-order valence-electron chi connectivity index (χ0n) is 85.0. The third-order valence-corrected chi connectivity index (χ3v) is 30.8. The standard InChI is InChI=1S/C73H51N3S.C66H45N3S/c1-7-24-53(25-8-1)73(54-26-9-2-10-27-54)67-39-21-19-37-63(67)66-50-60(47-49-68(66)73)76(58-34-17-6-18-35-58)70-41-23-38-65-64-48-46-61(51-71(64)77-72(65)70)74(55-28-11-3-12-29-55)59-44-42-52(43-45-59)62-36-20-22-40-69(62)75(56-30-13-4-14-31-56)57-32-15-5-16-33-57;1-5-18-46(19-6-1)49-32-33-51-42-57(37-35-50(51)40-49)69(56-36-34-47-20-13-14-21-48(47)41-56)62-30-17-31-64-66(62)61-39-38-58(45-65(61)70-64)68(55-27-11-4-12-28-55)63-44-59(43-52-22-15-16-29-60(52)63)67(53-23-7-2-8-24-53)54-25-9-3-10-26-54/h1-51H;1-45H/i;4D,11D,12D,27D,28D. The maximum atomic E-state index is 9.49. The van der Waals surface area contributed by atoms with Crippen LogP contribution in [-0.2, 0) is 5.41 Å². The second kappa shape index (κ2) is 38.6. The molecule has 0 saturated heterocycles. The van der Waals surface area contributed by atoms with Gasteiger partial charge in [0, 0.05) is 126 Å². The SMILES string of the molecule is [2H]c1c([2H])c([2H])c(N(c2ccc3c(c2)sc2cccc(N(c4ccc5ccccc5c4)c4ccc5cc(-c6ccccc6)ccc5c4)c23)c2cc(N(c3ccccc3)c3ccccc3)cc3ccccc23)c([2H])c1[2H].c1ccc(N(c2ccc(-c3ccccc3N(c3ccccc3)c3ccccc3)cc2)c2ccc3c(c2)sc2c(N(c4ccccc4)c4ccc5c(c4)-c4ccccc4C5(c4ccccc4)c4ccccc4)cccc23)cc1. The van der Waals surface area contributed by atoms with E-state index in [2.05, 4.69) is 510 Å². The van der Waals surface area contributed by atoms with Crippen molar-refractivity contribution in [1.29, 1.82) is 0 Å². The lowest BCUT2D eigenvalue weighted by atomic mass is 9.68. The Kier molecular flexibility index (Phi) is 21.8. The van der Waals surface area contributed by atoms with E-state index in [1.165, 1.54) is 64.7 Å². The van der Waals surface area contributed by atoms with E-state index < -0.39 is 23.5 Å². The molecule has 8 heteroatoms. The summed E-state index contributed by atoms with van der Waals surface area (Å²) in [5, 5.41) is 11.0. The summed E-state index contributed by atoms with van der Waals surface area (Å²) in [6.07, 6.45) is 0. The minimum Gasteiger partial charge on any atom is -0.310 e. The molecule has 0 bridgehead atoms. The summed E-state index contributed by atoms with van der Waals surface area (Å²) in [6, 6.07) is 195. The fourth-order valence-electron chi connectivity index (χ4n) is 22.0. The molecule has 0 radical (unpaired) electrons. The Labute approximate surface area is 870 Å². The first-order valence-corrected chi connectivity index (χ1v) is 51.4. The number of anilines is 18. The van der Waals surface area contributed by atoms with Crippen molar-refractivity contribution in [3.8, 4) is 33.4 Å². The number of benzene rings is 24. The van der Waals surface area contributed by atoms with E-state index in [-0.39, 0.29) is 17.8 Å². The van der Waals surface area contributed by atoms with E-state index in [0.717, 1.165) is 149 Å². The molecule has 0 saturated carbocycles. The Morgan fingerprint density at radius 2 is 0.565 bits per heavy atom. The Morgan fingerprint density at radius 3 is 1.19 bits per heavy atom. The van der Waals surface area contributed by atoms with Gasteiger partial charge in [0.15, 0.2) is 0 Å². The topological polar surface area (TPSA) is 19.4 Å². The van der Waals surface area contributed by atoms with E-state index in [1.54, 1.807) is 11.3 Å². The summed E-state index contributed by atoms with van der Waals surface area (Å²) < 4.78 is 50.1. The number of thiophene rings is 2. The molecular formula is C139H96N6S2. The molecule has 147 heavy (non-hydrogen) atoms. The number of hydrogen-bond acceptors (Lipinski definition) is 8. The molecule has 26 aromatic rings. The smallest absolute Gasteiger partial charge is 0.0713 e. The predicted molar refractivity (Wildman–Crippen MR) is 627 cm³/mol. The Hall–Kier alpha value is -18.7. The van der Waals surface area contributed by atoms with Gasteiger partial charge in [-0.1, -0.05) is 382 Å². The van der Waals surface area contributed by atoms with Crippen LogP contribution < -0.4 is 29.4 Å². The van der Waals surface area contributed by atoms with E-state index in [0.29, 0.717) is 11.4 Å². The molecule has 1 aliphatic carbocycles. The molecule has 2 aromatic heterocycles. The van der Waals surface area contributed by atoms with Crippen molar-refractivity contribution in [3.05, 3.63) is 605 Å². The molecule has 1 aliphatic rings. The van der Waals surface area contributed by atoms with E-state index in [4.69, 9.17) is 4.11 Å². The van der Waals surface area contributed by atoms with Gasteiger partial charge in [-0.25, -0.2) is 0 Å². The quantitative estimate of drug-likeness (QED) is 0.0669. The van der Waals surface area contributed by atoms with Gasteiger partial charge >= 0.3 is 0 Å². The monoisotopic (exact) mass is 1920 g/mol. The number of fused-ring (bicyclic) bond motifs is 12. The Morgan fingerprint density at radius 1 is 0.177 bits per heavy atom. The molecule has 0 amide bonds. The first kappa shape index (κ1) is 83.0. The van der Waals surface area contributed by atoms with Crippen molar-refractivity contribution < 1.29 is 6.85 Å². The summed E-state index contributed by atoms with van der Waals surface area (Å²) >= 11 is 3.54. The summed E-state index contributed by atoms with van der Waals surface area (Å²) in [4.78, 5) is 13.6. The molecule has 0 fully saturated rings. The van der Waals surface area contributed by atoms with Crippen LogP contribution in [0.15, 0.2) is 582 Å². The Balaban J connectivity index is 0.000000153. The molecule has 0 aliphatic heterocycles. The first-order valence-electron chi connectivity index (χ1n) is 52.2. The van der Waals surface area contributed by atoms with Crippen molar-refractivity contribution in [1.82, 2.24) is 0 Å². The lowest BCUT2D eigenvalue weighted by molar-refractivity contribution is 0.768. The van der Waals surface area contributed by atoms with Gasteiger partial charge < -0.3 is 29.4 Å². The molecule has 24 aromatic carbocycles. The van der Waals surface area contributed by atoms with Crippen molar-refractivity contribution in [3.63, 3.8) is 0 Å². The molecule has 0 N–H and O–H groups in total. The molecule has 694 valence electrons. The van der Waals surface area contributed by atoms with Crippen LogP contribution in [0, 0.1) is 0 Å². The van der Waals surface area contributed by atoms with E-state index in [9.17, 15) is 2.74 Å². The van der Waals surface area contributed by atoms with Crippen molar-refractivity contribution >= 4 is 198 Å². The van der Waals surface area contributed by atoms with Crippen LogP contribution in [-0.4, -0.2) is 0 Å². The van der Waals surface area contributed by atoms with E-state index in [1.807, 2.05) is 83.0 Å². The molecule has 27 rings (SSSR count). The fraction of sp³-hybridized carbons (Fsp3) is 0.00719. The maximum absolute atomic E-state index is 9.49. The fourth-order valence-corrected chi connectivity index (χ4v) is 24.4. The number of nitrogens with zero attached hydrogens (tertiary/aromatic N) is 6. The third-order valence-electron chi connectivity index (χ3n) is 28.5. The highest BCUT2D eigenvalue weighted by atomic mass is 32.1. The first-order chi connectivity index (χ1) is 75.0. The van der Waals surface area contributed by atoms with Gasteiger partial charge in [0.2, 0.25) is 0 Å². The lowest BCUT2D eigenvalue weighted by Crippen LogP contribution is -2.28. The van der Waals surface area contributed by atoms with Crippen LogP contribution in [0.2, 0.25) is 0 Å². The number of rotatable bonds is 22. The van der Waals surface area contributed by atoms with Crippen LogP contribution in [0.4, 0.5) is 102 Å². The van der Waals surface area contributed by atoms with Gasteiger partial charge in [0.25, 0.3) is 0 Å². The highest BCUT2D eigenvalue weighted by Crippen LogP contribution is 2.59. The molecule has 6 nitrogen and oxygen atoms in total. The van der Waals surface area contributed by atoms with Gasteiger partial charge in [0.1, 0.15) is 0 Å². The normalized spacial score (nSPS) is 12.3. The number of para-hydroxylation sites is 8. The van der Waals surface area contributed by atoms with Crippen LogP contribution in [0.5, 0.6) is 0 Å². The van der Waals surface area contributed by atoms with Crippen LogP contribution in [0.25, 0.3) is 106 Å². The Bertz CT molecular complexity index is 9510. The average molecular weight is 1920 g/mol. The van der Waals surface area contributed by atoms with Gasteiger partial charge in [0.05, 0.1) is 39.7 Å². The van der Waals surface area contributed by atoms with Crippen LogP contribution >= 0.6 is 22.7 Å². The number of hydrogen-bond donors (Lipinski definition) is 0. The lowest BCUT2D eigenvalue weighted by Gasteiger charge is -2.34. The molecule has 0 unspecified atom stereocenters. The zero-order chi connectivity index (χ0) is 102. The summed E-state index contributed by atoms with van der Waals surface area (Å²) in [7, 11) is 0. The van der Waals surface area contributed by atoms with Crippen molar-refractivity contribution in [2.24, 2.45) is 0 Å². The third kappa shape index (κ3) is 16.4. The minimum atomic E-state index is -0.470. The van der Waals surface area contributed by atoms with Crippen molar-refractivity contribution in [2.75, 3.05) is 29.4 Å². The summed E-state index contributed by atoms with van der Waals surface area (Å²) in [5.74, 6) is 0. The second-order valence-electron chi connectivity index (χ2n) is 37.0. The molecule has 2 heterocycles. The minimum absolute atomic E-state index is 0.0603. The second-order valence-corrected chi connectivity index (χ2v) is 39.2. The molecular weight excluding hydrogens is 1820 g/mol. The molecule has 0 atom stereocenters. The molecule has 0 spiro atoms. The largest absolute Gasteiger partial charge is 0.310 e. The van der Waals surface area contributed by atoms with Gasteiger partial charge in [-0.2, -0.15) is 0 Å². The highest BCUT2D eigenvalue weighted by molar-refractivity contribution is 7.26. The highest BCUT2D eigenvalue weighted by Gasteiger charge is 2.46. The van der Waals surface area contributed by atoms with Crippen LogP contribution in [0.3, 0.4) is 0 Å². The van der Waals surface area contributed by atoms with Gasteiger partial charge in [-0.05, 0) is 277 Å². The average Bonchev–Trinajstić information content (AvgIpc) is 1.53. The van der Waals surface area contributed by atoms with Crippen LogP contribution in [0.1, 0.15) is 29.1 Å². The zero-order valence-corrected chi connectivity index (χ0v) is 81.7. The van der Waals surface area contributed by atoms with Crippen molar-refractivity contribution in [2.45, 2.75) is 5.41 Å². The van der Waals surface area contributed by atoms with Gasteiger partial charge in [-0.15, -0.1) is 22.7 Å².